The van der Waals surface area contributed by atoms with Crippen molar-refractivity contribution in [3.63, 3.8) is 0 Å². The van der Waals surface area contributed by atoms with Gasteiger partial charge in [-0.3, -0.25) is 0 Å². The van der Waals surface area contributed by atoms with E-state index in [1.54, 1.807) is 7.11 Å². The molecule has 0 aliphatic heterocycles. The normalized spacial score (nSPS) is 43.1. The fourth-order valence-electron chi connectivity index (χ4n) is 8.97. The molecule has 4 fully saturated rings. The van der Waals surface area contributed by atoms with Gasteiger partial charge in [-0.1, -0.05) is 19.0 Å². The summed E-state index contributed by atoms with van der Waals surface area (Å²) in [5.74, 6) is 4.00. The van der Waals surface area contributed by atoms with Gasteiger partial charge in [0.2, 0.25) is 0 Å². The summed E-state index contributed by atoms with van der Waals surface area (Å²) in [6, 6.07) is 0. The van der Waals surface area contributed by atoms with Crippen molar-refractivity contribution >= 4 is 22.3 Å². The number of rotatable bonds is 7. The maximum Gasteiger partial charge on any atom is 0.184 e. The van der Waals surface area contributed by atoms with Gasteiger partial charge in [-0.25, -0.2) is 0 Å². The van der Waals surface area contributed by atoms with Gasteiger partial charge in [0.05, 0.1) is 12.3 Å². The van der Waals surface area contributed by atoms with Gasteiger partial charge in [0.1, 0.15) is 7.11 Å². The molecule has 4 rings (SSSR count). The third kappa shape index (κ3) is 5.26. The molecule has 0 N–H and O–H groups in total. The fraction of sp³-hybridized carbons (Fsp3) is 0.964. The Morgan fingerprint density at radius 3 is 2.15 bits per heavy atom. The van der Waals surface area contributed by atoms with Crippen molar-refractivity contribution in [2.75, 3.05) is 13.7 Å². The molecule has 4 aliphatic rings. The van der Waals surface area contributed by atoms with Crippen LogP contribution in [0.1, 0.15) is 71.6 Å². The van der Waals surface area contributed by atoms with Crippen molar-refractivity contribution in [2.24, 2.45) is 45.6 Å². The Balaban J connectivity index is 1.49. The molecule has 196 valence electrons. The highest BCUT2D eigenvalue weighted by atomic mass is 28.4. The highest BCUT2D eigenvalue weighted by molar-refractivity contribution is 6.70. The minimum Gasteiger partial charge on any atom is -0.415 e. The number of hydrogen-bond acceptors (Lipinski definition) is 4. The predicted octanol–water partition coefficient (Wildman–Crippen LogP) is 7.72. The average molecular weight is 508 g/mol. The minimum atomic E-state index is -1.59. The standard InChI is InChI=1S/C28H53NO3Si2/c1-27-16-14-21(32-34(7,8)9)18-20(27)10-11-22-23-12-13-25(28(23,2)17-15-24(22)27)26(29-30-3)19-31-33(4,5)6/h20-25H,10-19H2,1-9H3/b29-26+/t20-,21-,22+,23+,24+,25-,27+,28+/m1/s1. The Morgan fingerprint density at radius 1 is 0.824 bits per heavy atom. The van der Waals surface area contributed by atoms with Gasteiger partial charge in [0.15, 0.2) is 16.6 Å². The first kappa shape index (κ1) is 26.9. The van der Waals surface area contributed by atoms with E-state index < -0.39 is 16.6 Å². The van der Waals surface area contributed by atoms with Gasteiger partial charge in [0.25, 0.3) is 0 Å². The molecule has 8 atom stereocenters. The highest BCUT2D eigenvalue weighted by Gasteiger charge is 2.61. The van der Waals surface area contributed by atoms with E-state index >= 15 is 0 Å². The Labute approximate surface area is 212 Å². The molecule has 4 aliphatic carbocycles. The van der Waals surface area contributed by atoms with Crippen LogP contribution in [-0.2, 0) is 13.7 Å². The Hall–Kier alpha value is -0.176. The predicted molar refractivity (Wildman–Crippen MR) is 147 cm³/mol. The van der Waals surface area contributed by atoms with Crippen LogP contribution in [0, 0.1) is 40.4 Å². The number of fused-ring (bicyclic) bond motifs is 5. The Kier molecular flexibility index (Phi) is 7.59. The lowest BCUT2D eigenvalue weighted by molar-refractivity contribution is -0.121. The molecule has 0 saturated heterocycles. The second-order valence-corrected chi connectivity index (χ2v) is 23.6. The lowest BCUT2D eigenvalue weighted by Gasteiger charge is -2.61. The van der Waals surface area contributed by atoms with Crippen molar-refractivity contribution in [2.45, 2.75) is 117 Å². The van der Waals surface area contributed by atoms with Crippen molar-refractivity contribution in [3.8, 4) is 0 Å². The third-order valence-corrected chi connectivity index (χ3v) is 12.5. The maximum absolute atomic E-state index is 6.61. The van der Waals surface area contributed by atoms with E-state index in [4.69, 9.17) is 13.7 Å². The molecular weight excluding hydrogens is 454 g/mol. The van der Waals surface area contributed by atoms with Crippen LogP contribution in [0.4, 0.5) is 0 Å². The van der Waals surface area contributed by atoms with E-state index in [0.29, 0.717) is 29.5 Å². The van der Waals surface area contributed by atoms with Crippen LogP contribution in [0.25, 0.3) is 0 Å². The van der Waals surface area contributed by atoms with Crippen molar-refractivity contribution in [1.82, 2.24) is 0 Å². The van der Waals surface area contributed by atoms with Crippen LogP contribution in [0.5, 0.6) is 0 Å². The van der Waals surface area contributed by atoms with Crippen LogP contribution >= 0.6 is 0 Å². The van der Waals surface area contributed by atoms with Gasteiger partial charge >= 0.3 is 0 Å². The molecule has 34 heavy (non-hydrogen) atoms. The highest BCUT2D eigenvalue weighted by Crippen LogP contribution is 2.67. The monoisotopic (exact) mass is 507 g/mol. The van der Waals surface area contributed by atoms with Crippen molar-refractivity contribution in [1.29, 1.82) is 0 Å². The van der Waals surface area contributed by atoms with Gasteiger partial charge in [-0.05, 0) is 132 Å². The minimum absolute atomic E-state index is 0.350. The summed E-state index contributed by atoms with van der Waals surface area (Å²) in [7, 11) is -1.35. The van der Waals surface area contributed by atoms with Crippen LogP contribution in [0.3, 0.4) is 0 Å². The second-order valence-electron chi connectivity index (χ2n) is 14.6. The average Bonchev–Trinajstić information content (AvgIpc) is 3.07. The molecule has 0 amide bonds. The molecule has 0 radical (unpaired) electrons. The first-order valence-electron chi connectivity index (χ1n) is 14.2. The molecule has 4 nitrogen and oxygen atoms in total. The van der Waals surface area contributed by atoms with Crippen molar-refractivity contribution in [3.05, 3.63) is 0 Å². The zero-order valence-electron chi connectivity index (χ0n) is 23.7. The zero-order chi connectivity index (χ0) is 24.9. The summed E-state index contributed by atoms with van der Waals surface area (Å²) < 4.78 is 12.9. The molecule has 0 spiro atoms. The van der Waals surface area contributed by atoms with E-state index in [0.717, 1.165) is 23.7 Å². The largest absolute Gasteiger partial charge is 0.415 e. The van der Waals surface area contributed by atoms with Gasteiger partial charge in [-0.15, -0.1) is 0 Å². The first-order chi connectivity index (χ1) is 15.8. The Bertz CT molecular complexity index is 760. The molecule has 0 bridgehead atoms. The number of hydrogen-bond donors (Lipinski definition) is 0. The quantitative estimate of drug-likeness (QED) is 0.201. The molecule has 0 heterocycles. The van der Waals surface area contributed by atoms with Gasteiger partial charge in [0, 0.05) is 12.0 Å². The third-order valence-electron chi connectivity index (χ3n) is 10.4. The summed E-state index contributed by atoms with van der Waals surface area (Å²) in [5.41, 5.74) is 2.05. The lowest BCUT2D eigenvalue weighted by atomic mass is 9.44. The van der Waals surface area contributed by atoms with Crippen LogP contribution in [-0.4, -0.2) is 42.2 Å². The van der Waals surface area contributed by atoms with E-state index in [-0.39, 0.29) is 0 Å². The lowest BCUT2D eigenvalue weighted by Crippen LogP contribution is -2.55. The summed E-state index contributed by atoms with van der Waals surface area (Å²) >= 11 is 0. The van der Waals surface area contributed by atoms with Gasteiger partial charge < -0.3 is 13.7 Å². The number of nitrogens with zero attached hydrogens (tertiary/aromatic N) is 1. The number of oxime groups is 1. The maximum atomic E-state index is 6.61. The molecular formula is C28H53NO3Si2. The summed E-state index contributed by atoms with van der Waals surface area (Å²) in [6.07, 6.45) is 12.7. The summed E-state index contributed by atoms with van der Waals surface area (Å²) in [6.45, 7) is 19.8. The smallest absolute Gasteiger partial charge is 0.184 e. The zero-order valence-corrected chi connectivity index (χ0v) is 25.7. The molecule has 0 unspecified atom stereocenters. The molecule has 0 aromatic heterocycles. The SMILES string of the molecule is CO/N=C(\CO[Si](C)(C)C)[C@H]1CC[C@H]2[C@@H]3CC[C@@H]4C[C@H](O[Si](C)(C)C)CC[C@]4(C)[C@H]3CC[C@]12C. The van der Waals surface area contributed by atoms with E-state index in [2.05, 4.69) is 58.3 Å². The molecule has 0 aromatic carbocycles. The van der Waals surface area contributed by atoms with E-state index in [1.807, 2.05) is 0 Å². The molecule has 0 aromatic rings. The summed E-state index contributed by atoms with van der Waals surface area (Å²) in [5, 5.41) is 4.57. The van der Waals surface area contributed by atoms with Crippen molar-refractivity contribution < 1.29 is 13.7 Å². The molecule has 6 heteroatoms. The van der Waals surface area contributed by atoms with Crippen LogP contribution < -0.4 is 0 Å². The van der Waals surface area contributed by atoms with E-state index in [1.165, 1.54) is 63.5 Å². The first-order valence-corrected chi connectivity index (χ1v) is 21.0. The van der Waals surface area contributed by atoms with Crippen LogP contribution in [0.2, 0.25) is 39.3 Å². The molecule has 4 saturated carbocycles. The van der Waals surface area contributed by atoms with E-state index in [9.17, 15) is 0 Å². The second kappa shape index (κ2) is 9.61. The van der Waals surface area contributed by atoms with Gasteiger partial charge in [-0.2, -0.15) is 0 Å². The summed E-state index contributed by atoms with van der Waals surface area (Å²) in [4.78, 5) is 5.36. The topological polar surface area (TPSA) is 40.0 Å². The fourth-order valence-corrected chi connectivity index (χ4v) is 10.8. The Morgan fingerprint density at radius 2 is 1.50 bits per heavy atom. The van der Waals surface area contributed by atoms with Crippen LogP contribution in [0.15, 0.2) is 5.16 Å².